The first kappa shape index (κ1) is 26.4. The SMILES string of the molecule is CCNC(=NCCOc1ccccc1-c1ccccc1)N1CCC(COCCOC)C1.I. The summed E-state index contributed by atoms with van der Waals surface area (Å²) in [6.45, 7) is 8.15. The van der Waals surface area contributed by atoms with Gasteiger partial charge in [-0.3, -0.25) is 0 Å². The second kappa shape index (κ2) is 15.1. The molecule has 1 atom stereocenters. The summed E-state index contributed by atoms with van der Waals surface area (Å²) >= 11 is 0. The van der Waals surface area contributed by atoms with Crippen LogP contribution in [0.5, 0.6) is 5.75 Å². The number of rotatable bonds is 11. The molecule has 1 unspecified atom stereocenters. The van der Waals surface area contributed by atoms with E-state index in [4.69, 9.17) is 19.2 Å². The Morgan fingerprint density at radius 1 is 1.06 bits per heavy atom. The first-order valence-corrected chi connectivity index (χ1v) is 11.2. The van der Waals surface area contributed by atoms with Gasteiger partial charge in [0.15, 0.2) is 5.96 Å². The predicted octanol–water partition coefficient (Wildman–Crippen LogP) is 4.30. The number of aliphatic imine (C=N–C) groups is 1. The minimum absolute atomic E-state index is 0. The van der Waals surface area contributed by atoms with Crippen molar-refractivity contribution in [1.82, 2.24) is 10.2 Å². The average Bonchev–Trinajstić information content (AvgIpc) is 3.28. The molecule has 6 nitrogen and oxygen atoms in total. The number of methoxy groups -OCH3 is 1. The Morgan fingerprint density at radius 2 is 1.84 bits per heavy atom. The van der Waals surface area contributed by atoms with Crippen molar-refractivity contribution < 1.29 is 14.2 Å². The van der Waals surface area contributed by atoms with Gasteiger partial charge in [-0.1, -0.05) is 48.5 Å². The van der Waals surface area contributed by atoms with Crippen LogP contribution in [0.2, 0.25) is 0 Å². The predicted molar refractivity (Wildman–Crippen MR) is 141 cm³/mol. The smallest absolute Gasteiger partial charge is 0.194 e. The third-order valence-electron chi connectivity index (χ3n) is 5.29. The lowest BCUT2D eigenvalue weighted by atomic mass is 10.1. The highest BCUT2D eigenvalue weighted by molar-refractivity contribution is 14.0. The lowest BCUT2D eigenvalue weighted by Gasteiger charge is -2.22. The summed E-state index contributed by atoms with van der Waals surface area (Å²) in [4.78, 5) is 7.13. The molecule has 1 fully saturated rings. The highest BCUT2D eigenvalue weighted by Crippen LogP contribution is 2.29. The average molecular weight is 553 g/mol. The number of hydrogen-bond donors (Lipinski definition) is 1. The summed E-state index contributed by atoms with van der Waals surface area (Å²) in [5, 5.41) is 3.42. The number of ether oxygens (including phenoxy) is 3. The molecule has 1 N–H and O–H groups in total. The topological polar surface area (TPSA) is 55.3 Å². The van der Waals surface area contributed by atoms with Gasteiger partial charge in [0.1, 0.15) is 12.4 Å². The molecule has 0 aliphatic carbocycles. The van der Waals surface area contributed by atoms with Crippen LogP contribution in [0.3, 0.4) is 0 Å². The van der Waals surface area contributed by atoms with Gasteiger partial charge in [-0.2, -0.15) is 0 Å². The Hall–Kier alpha value is -1.84. The van der Waals surface area contributed by atoms with E-state index >= 15 is 0 Å². The van der Waals surface area contributed by atoms with Crippen LogP contribution in [0.25, 0.3) is 11.1 Å². The van der Waals surface area contributed by atoms with E-state index in [0.29, 0.717) is 32.3 Å². The largest absolute Gasteiger partial charge is 0.491 e. The normalized spacial score (nSPS) is 16.0. The van der Waals surface area contributed by atoms with E-state index in [9.17, 15) is 0 Å². The van der Waals surface area contributed by atoms with Crippen molar-refractivity contribution in [2.45, 2.75) is 13.3 Å². The number of benzene rings is 2. The molecule has 2 aromatic carbocycles. The van der Waals surface area contributed by atoms with Crippen LogP contribution in [-0.4, -0.2) is 70.6 Å². The zero-order chi connectivity index (χ0) is 21.7. The van der Waals surface area contributed by atoms with Crippen LogP contribution in [0.15, 0.2) is 59.6 Å². The number of para-hydroxylation sites is 1. The van der Waals surface area contributed by atoms with Gasteiger partial charge in [-0.05, 0) is 25.0 Å². The maximum atomic E-state index is 6.09. The van der Waals surface area contributed by atoms with E-state index in [1.54, 1.807) is 7.11 Å². The van der Waals surface area contributed by atoms with Gasteiger partial charge in [0.2, 0.25) is 0 Å². The molecule has 0 saturated carbocycles. The van der Waals surface area contributed by atoms with Crippen molar-refractivity contribution in [1.29, 1.82) is 0 Å². The number of nitrogens with one attached hydrogen (secondary N) is 1. The van der Waals surface area contributed by atoms with Gasteiger partial charge in [-0.15, -0.1) is 24.0 Å². The molecule has 1 heterocycles. The molecule has 2 aromatic rings. The van der Waals surface area contributed by atoms with Gasteiger partial charge in [0.25, 0.3) is 0 Å². The first-order valence-electron chi connectivity index (χ1n) is 11.2. The summed E-state index contributed by atoms with van der Waals surface area (Å²) in [5.41, 5.74) is 2.26. The molecule has 176 valence electrons. The lowest BCUT2D eigenvalue weighted by molar-refractivity contribution is 0.0536. The fourth-order valence-corrected chi connectivity index (χ4v) is 3.73. The maximum absolute atomic E-state index is 6.09. The number of guanidine groups is 1. The van der Waals surface area contributed by atoms with E-state index in [2.05, 4.69) is 35.3 Å². The second-order valence-electron chi connectivity index (χ2n) is 7.61. The van der Waals surface area contributed by atoms with E-state index in [1.165, 1.54) is 0 Å². The van der Waals surface area contributed by atoms with E-state index in [1.807, 2.05) is 36.4 Å². The van der Waals surface area contributed by atoms with Crippen molar-refractivity contribution in [3.8, 4) is 16.9 Å². The minimum atomic E-state index is 0. The number of likely N-dealkylation sites (tertiary alicyclic amines) is 1. The number of nitrogens with zero attached hydrogens (tertiary/aromatic N) is 2. The second-order valence-corrected chi connectivity index (χ2v) is 7.61. The molecule has 0 aromatic heterocycles. The van der Waals surface area contributed by atoms with E-state index < -0.39 is 0 Å². The minimum Gasteiger partial charge on any atom is -0.491 e. The highest BCUT2D eigenvalue weighted by Gasteiger charge is 2.24. The standard InChI is InChI=1S/C25H35N3O3.HI/c1-3-26-25(28-15-13-21(19-28)20-30-18-17-29-2)27-14-16-31-24-12-8-7-11-23(24)22-9-5-4-6-10-22;/h4-12,21H,3,13-20H2,1-2H3,(H,26,27);1H. The maximum Gasteiger partial charge on any atom is 0.194 e. The van der Waals surface area contributed by atoms with Crippen LogP contribution in [0.4, 0.5) is 0 Å². The monoisotopic (exact) mass is 553 g/mol. The zero-order valence-corrected chi connectivity index (χ0v) is 21.5. The summed E-state index contributed by atoms with van der Waals surface area (Å²) in [6, 6.07) is 18.5. The number of hydrogen-bond acceptors (Lipinski definition) is 4. The summed E-state index contributed by atoms with van der Waals surface area (Å²) < 4.78 is 16.8. The molecule has 1 aliphatic rings. The van der Waals surface area contributed by atoms with Crippen LogP contribution in [-0.2, 0) is 9.47 Å². The molecule has 0 amide bonds. The molecule has 0 radical (unpaired) electrons. The van der Waals surface area contributed by atoms with Crippen LogP contribution >= 0.6 is 24.0 Å². The van der Waals surface area contributed by atoms with Gasteiger partial charge < -0.3 is 24.4 Å². The summed E-state index contributed by atoms with van der Waals surface area (Å²) in [6.07, 6.45) is 1.12. The molecule has 7 heteroatoms. The molecule has 1 saturated heterocycles. The summed E-state index contributed by atoms with van der Waals surface area (Å²) in [5.74, 6) is 2.39. The molecular weight excluding hydrogens is 517 g/mol. The quantitative estimate of drug-likeness (QED) is 0.195. The highest BCUT2D eigenvalue weighted by atomic mass is 127. The van der Waals surface area contributed by atoms with Crippen molar-refractivity contribution in [2.75, 3.05) is 59.7 Å². The third kappa shape index (κ3) is 8.26. The Labute approximate surface area is 209 Å². The molecule has 0 bridgehead atoms. The molecule has 1 aliphatic heterocycles. The van der Waals surface area contributed by atoms with Crippen LogP contribution < -0.4 is 10.1 Å². The first-order chi connectivity index (χ1) is 15.3. The third-order valence-corrected chi connectivity index (χ3v) is 5.29. The molecular formula is C25H36IN3O3. The Balaban J connectivity index is 0.00000363. The Kier molecular flexibility index (Phi) is 12.4. The van der Waals surface area contributed by atoms with E-state index in [-0.39, 0.29) is 24.0 Å². The molecule has 3 rings (SSSR count). The zero-order valence-electron chi connectivity index (χ0n) is 19.2. The van der Waals surface area contributed by atoms with Gasteiger partial charge in [0.05, 0.1) is 26.4 Å². The molecule has 32 heavy (non-hydrogen) atoms. The molecule has 0 spiro atoms. The Morgan fingerprint density at radius 3 is 2.62 bits per heavy atom. The van der Waals surface area contributed by atoms with Gasteiger partial charge in [0, 0.05) is 38.2 Å². The van der Waals surface area contributed by atoms with Crippen molar-refractivity contribution in [2.24, 2.45) is 10.9 Å². The van der Waals surface area contributed by atoms with Crippen molar-refractivity contribution >= 4 is 29.9 Å². The summed E-state index contributed by atoms with van der Waals surface area (Å²) in [7, 11) is 1.70. The van der Waals surface area contributed by atoms with E-state index in [0.717, 1.165) is 55.5 Å². The Bertz CT molecular complexity index is 804. The lowest BCUT2D eigenvalue weighted by Crippen LogP contribution is -2.40. The fraction of sp³-hybridized carbons (Fsp3) is 0.480. The number of halogens is 1. The van der Waals surface area contributed by atoms with Crippen molar-refractivity contribution in [3.63, 3.8) is 0 Å². The van der Waals surface area contributed by atoms with Crippen LogP contribution in [0, 0.1) is 5.92 Å². The fourth-order valence-electron chi connectivity index (χ4n) is 3.73. The van der Waals surface area contributed by atoms with Crippen molar-refractivity contribution in [3.05, 3.63) is 54.6 Å². The van der Waals surface area contributed by atoms with Gasteiger partial charge >= 0.3 is 0 Å². The van der Waals surface area contributed by atoms with Gasteiger partial charge in [-0.25, -0.2) is 4.99 Å². The van der Waals surface area contributed by atoms with Crippen LogP contribution in [0.1, 0.15) is 13.3 Å².